The Kier molecular flexibility index (Phi) is 4.31. The topological polar surface area (TPSA) is 82.2 Å². The zero-order valence-electron chi connectivity index (χ0n) is 11.4. The minimum Gasteiger partial charge on any atom is -0.383 e. The average molecular weight is 276 g/mol. The van der Waals surface area contributed by atoms with Gasteiger partial charge in [-0.3, -0.25) is 14.8 Å². The predicted octanol–water partition coefficient (Wildman–Crippen LogP) is 2.49. The monoisotopic (exact) mass is 276 g/mol. The largest absolute Gasteiger partial charge is 0.383 e. The van der Waals surface area contributed by atoms with E-state index in [9.17, 15) is 10.1 Å². The van der Waals surface area contributed by atoms with E-state index in [0.717, 1.165) is 0 Å². The Morgan fingerprint density at radius 2 is 2.30 bits per heavy atom. The predicted molar refractivity (Wildman–Crippen MR) is 75.2 cm³/mol. The molecule has 0 atom stereocenters. The van der Waals surface area contributed by atoms with Gasteiger partial charge in [-0.25, -0.2) is 0 Å². The summed E-state index contributed by atoms with van der Waals surface area (Å²) >= 11 is 0. The van der Waals surface area contributed by atoms with Crippen LogP contribution in [0, 0.1) is 17.0 Å². The average Bonchev–Trinajstić information content (AvgIpc) is 2.83. The molecule has 0 aliphatic rings. The lowest BCUT2D eigenvalue weighted by Crippen LogP contribution is -2.04. The Morgan fingerprint density at radius 3 is 3.00 bits per heavy atom. The first-order chi connectivity index (χ1) is 9.61. The van der Waals surface area contributed by atoms with Gasteiger partial charge in [-0.05, 0) is 13.0 Å². The number of aryl methyl sites for hydroxylation is 1. The Bertz CT molecular complexity index is 609. The molecule has 7 heteroatoms. The molecule has 1 aromatic carbocycles. The number of methoxy groups -OCH3 is 1. The maximum atomic E-state index is 11.1. The van der Waals surface area contributed by atoms with E-state index in [0.29, 0.717) is 30.1 Å². The number of ether oxygens (including phenoxy) is 1. The van der Waals surface area contributed by atoms with Crippen LogP contribution in [0.2, 0.25) is 0 Å². The summed E-state index contributed by atoms with van der Waals surface area (Å²) in [6, 6.07) is 5.17. The van der Waals surface area contributed by atoms with Gasteiger partial charge in [0.1, 0.15) is 5.69 Å². The molecule has 0 saturated carbocycles. The molecule has 0 radical (unpaired) electrons. The molecule has 0 fully saturated rings. The summed E-state index contributed by atoms with van der Waals surface area (Å²) in [5, 5.41) is 18.3. The molecule has 0 unspecified atom stereocenters. The summed E-state index contributed by atoms with van der Waals surface area (Å²) in [5.74, 6) is 0. The van der Waals surface area contributed by atoms with E-state index in [1.54, 1.807) is 49.3 Å². The van der Waals surface area contributed by atoms with Crippen molar-refractivity contribution in [3.05, 3.63) is 46.3 Å². The van der Waals surface area contributed by atoms with Crippen LogP contribution >= 0.6 is 0 Å². The standard InChI is InChI=1S/C13H16N4O3/c1-10-4-3-5-12(13(10)17(18)19)15-11-8-14-16(9-11)6-7-20-2/h3-5,8-9,15H,6-7H2,1-2H3. The molecule has 0 amide bonds. The van der Waals surface area contributed by atoms with E-state index < -0.39 is 0 Å². The molecule has 2 aromatic rings. The van der Waals surface area contributed by atoms with Crippen LogP contribution in [0.1, 0.15) is 5.56 Å². The minimum absolute atomic E-state index is 0.0807. The van der Waals surface area contributed by atoms with Gasteiger partial charge in [0.2, 0.25) is 0 Å². The molecule has 0 aliphatic carbocycles. The van der Waals surface area contributed by atoms with E-state index in [4.69, 9.17) is 4.74 Å². The SMILES string of the molecule is COCCn1cc(Nc2cccc(C)c2[N+](=O)[O-])cn1. The third-order valence-corrected chi connectivity index (χ3v) is 2.86. The zero-order valence-corrected chi connectivity index (χ0v) is 11.4. The molecular weight excluding hydrogens is 260 g/mol. The number of hydrogen-bond acceptors (Lipinski definition) is 5. The molecule has 0 bridgehead atoms. The Hall–Kier alpha value is -2.41. The Morgan fingerprint density at radius 1 is 1.50 bits per heavy atom. The van der Waals surface area contributed by atoms with Gasteiger partial charge >= 0.3 is 0 Å². The number of benzene rings is 1. The highest BCUT2D eigenvalue weighted by molar-refractivity contribution is 5.71. The highest BCUT2D eigenvalue weighted by atomic mass is 16.6. The van der Waals surface area contributed by atoms with E-state index >= 15 is 0 Å². The van der Waals surface area contributed by atoms with Crippen molar-refractivity contribution in [3.8, 4) is 0 Å². The van der Waals surface area contributed by atoms with Gasteiger partial charge in [-0.15, -0.1) is 0 Å². The van der Waals surface area contributed by atoms with E-state index in [1.807, 2.05) is 0 Å². The Balaban J connectivity index is 2.20. The summed E-state index contributed by atoms with van der Waals surface area (Å²) in [5.41, 5.74) is 1.86. The van der Waals surface area contributed by atoms with Crippen molar-refractivity contribution in [2.75, 3.05) is 19.0 Å². The fraction of sp³-hybridized carbons (Fsp3) is 0.308. The van der Waals surface area contributed by atoms with Gasteiger partial charge in [-0.2, -0.15) is 5.10 Å². The first-order valence-corrected chi connectivity index (χ1v) is 6.14. The van der Waals surface area contributed by atoms with Crippen molar-refractivity contribution in [1.82, 2.24) is 9.78 Å². The molecular formula is C13H16N4O3. The van der Waals surface area contributed by atoms with Crippen LogP contribution in [0.3, 0.4) is 0 Å². The van der Waals surface area contributed by atoms with Crippen molar-refractivity contribution in [3.63, 3.8) is 0 Å². The van der Waals surface area contributed by atoms with Crippen LogP contribution in [0.15, 0.2) is 30.6 Å². The maximum absolute atomic E-state index is 11.1. The summed E-state index contributed by atoms with van der Waals surface area (Å²) < 4.78 is 6.68. The summed E-state index contributed by atoms with van der Waals surface area (Å²) in [6.45, 7) is 2.91. The number of anilines is 2. The molecule has 1 aromatic heterocycles. The second-order valence-electron chi connectivity index (χ2n) is 4.34. The smallest absolute Gasteiger partial charge is 0.295 e. The molecule has 2 rings (SSSR count). The van der Waals surface area contributed by atoms with Gasteiger partial charge in [0, 0.05) is 18.9 Å². The first kappa shape index (κ1) is 14.0. The molecule has 0 saturated heterocycles. The van der Waals surface area contributed by atoms with Crippen LogP contribution in [-0.4, -0.2) is 28.4 Å². The molecule has 0 spiro atoms. The Labute approximate surface area is 116 Å². The highest BCUT2D eigenvalue weighted by Crippen LogP contribution is 2.30. The molecule has 106 valence electrons. The van der Waals surface area contributed by atoms with E-state index in [1.165, 1.54) is 0 Å². The third kappa shape index (κ3) is 3.12. The minimum atomic E-state index is -0.382. The van der Waals surface area contributed by atoms with E-state index in [2.05, 4.69) is 10.4 Å². The summed E-state index contributed by atoms with van der Waals surface area (Å²) in [7, 11) is 1.62. The number of nitro groups is 1. The summed E-state index contributed by atoms with van der Waals surface area (Å²) in [6.07, 6.45) is 3.41. The van der Waals surface area contributed by atoms with Gasteiger partial charge in [0.05, 0.1) is 30.0 Å². The third-order valence-electron chi connectivity index (χ3n) is 2.86. The second kappa shape index (κ2) is 6.16. The number of para-hydroxylation sites is 1. The fourth-order valence-electron chi connectivity index (χ4n) is 1.89. The van der Waals surface area contributed by atoms with Crippen LogP contribution in [-0.2, 0) is 11.3 Å². The fourth-order valence-corrected chi connectivity index (χ4v) is 1.89. The lowest BCUT2D eigenvalue weighted by Gasteiger charge is -2.06. The van der Waals surface area contributed by atoms with Crippen LogP contribution in [0.4, 0.5) is 17.1 Å². The number of nitrogens with zero attached hydrogens (tertiary/aromatic N) is 3. The molecule has 7 nitrogen and oxygen atoms in total. The lowest BCUT2D eigenvalue weighted by molar-refractivity contribution is -0.384. The molecule has 1 heterocycles. The molecule has 1 N–H and O–H groups in total. The van der Waals surface area contributed by atoms with Crippen molar-refractivity contribution in [2.24, 2.45) is 0 Å². The van der Waals surface area contributed by atoms with Crippen molar-refractivity contribution in [1.29, 1.82) is 0 Å². The van der Waals surface area contributed by atoms with E-state index in [-0.39, 0.29) is 10.6 Å². The van der Waals surface area contributed by atoms with Crippen LogP contribution in [0.25, 0.3) is 0 Å². The van der Waals surface area contributed by atoms with Gasteiger partial charge in [0.15, 0.2) is 0 Å². The quantitative estimate of drug-likeness (QED) is 0.647. The van der Waals surface area contributed by atoms with Crippen molar-refractivity contribution < 1.29 is 9.66 Å². The highest BCUT2D eigenvalue weighted by Gasteiger charge is 2.17. The number of hydrogen-bond donors (Lipinski definition) is 1. The van der Waals surface area contributed by atoms with Crippen LogP contribution in [0.5, 0.6) is 0 Å². The molecule has 0 aliphatic heterocycles. The van der Waals surface area contributed by atoms with Gasteiger partial charge < -0.3 is 10.1 Å². The number of nitro benzene ring substituents is 1. The van der Waals surface area contributed by atoms with Crippen molar-refractivity contribution in [2.45, 2.75) is 13.5 Å². The molecule has 20 heavy (non-hydrogen) atoms. The lowest BCUT2D eigenvalue weighted by atomic mass is 10.1. The zero-order chi connectivity index (χ0) is 14.5. The van der Waals surface area contributed by atoms with Gasteiger partial charge in [0.25, 0.3) is 5.69 Å². The number of nitrogens with one attached hydrogen (secondary N) is 1. The summed E-state index contributed by atoms with van der Waals surface area (Å²) in [4.78, 5) is 10.7. The first-order valence-electron chi connectivity index (χ1n) is 6.14. The maximum Gasteiger partial charge on any atom is 0.295 e. The number of aromatic nitrogens is 2. The normalized spacial score (nSPS) is 10.5. The van der Waals surface area contributed by atoms with Gasteiger partial charge in [-0.1, -0.05) is 12.1 Å². The van der Waals surface area contributed by atoms with Crippen molar-refractivity contribution >= 4 is 17.1 Å². The van der Waals surface area contributed by atoms with Crippen LogP contribution < -0.4 is 5.32 Å². The number of rotatable bonds is 6. The second-order valence-corrected chi connectivity index (χ2v) is 4.34.